The van der Waals surface area contributed by atoms with Gasteiger partial charge in [-0.15, -0.1) is 0 Å². The van der Waals surface area contributed by atoms with Gasteiger partial charge in [0, 0.05) is 23.6 Å². The fraction of sp³-hybridized carbons (Fsp3) is 0.250. The van der Waals surface area contributed by atoms with E-state index in [9.17, 15) is 18.3 Å². The second-order valence-corrected chi connectivity index (χ2v) is 10.9. The minimum atomic E-state index is -3.81. The Morgan fingerprint density at radius 1 is 0.914 bits per heavy atom. The second kappa shape index (κ2) is 9.31. The number of hydrogen-bond acceptors (Lipinski definition) is 4. The van der Waals surface area contributed by atoms with E-state index in [1.54, 1.807) is 36.1 Å². The van der Waals surface area contributed by atoms with Crippen molar-refractivity contribution in [2.45, 2.75) is 29.8 Å². The van der Waals surface area contributed by atoms with Crippen LogP contribution in [0.3, 0.4) is 0 Å². The smallest absolute Gasteiger partial charge is 0.243 e. The third-order valence-electron chi connectivity index (χ3n) is 6.85. The lowest BCUT2D eigenvalue weighted by Crippen LogP contribution is -2.73. The molecule has 6 nitrogen and oxygen atoms in total. The number of aliphatic hydroxyl groups excluding tert-OH is 1. The van der Waals surface area contributed by atoms with E-state index in [1.165, 1.54) is 4.31 Å². The molecule has 7 heteroatoms. The number of nitrogens with zero attached hydrogens (tertiary/aromatic N) is 2. The van der Waals surface area contributed by atoms with Crippen LogP contribution in [0.4, 0.5) is 0 Å². The molecule has 1 amide bonds. The lowest BCUT2D eigenvalue weighted by atomic mass is 9.74. The molecule has 0 unspecified atom stereocenters. The summed E-state index contributed by atoms with van der Waals surface area (Å²) in [6.07, 6.45) is 0. The maximum Gasteiger partial charge on any atom is 0.243 e. The molecule has 178 valence electrons. The average Bonchev–Trinajstić information content (AvgIpc) is 2.85. The molecule has 0 aliphatic carbocycles. The first-order valence-corrected chi connectivity index (χ1v) is 13.0. The number of amides is 1. The van der Waals surface area contributed by atoms with Crippen LogP contribution in [0.1, 0.15) is 28.2 Å². The Morgan fingerprint density at radius 2 is 1.54 bits per heavy atom. The molecule has 0 saturated carbocycles. The van der Waals surface area contributed by atoms with Crippen LogP contribution < -0.4 is 0 Å². The number of carbonyl (C=O) groups is 1. The van der Waals surface area contributed by atoms with Crippen molar-refractivity contribution in [1.82, 2.24) is 9.21 Å². The summed E-state index contributed by atoms with van der Waals surface area (Å²) in [6, 6.07) is 23.6. The van der Waals surface area contributed by atoms with Crippen LogP contribution in [0.15, 0.2) is 83.8 Å². The zero-order valence-electron chi connectivity index (χ0n) is 19.3. The van der Waals surface area contributed by atoms with Gasteiger partial charge in [-0.1, -0.05) is 60.4 Å². The van der Waals surface area contributed by atoms with Gasteiger partial charge >= 0.3 is 0 Å². The van der Waals surface area contributed by atoms with Gasteiger partial charge in [0.05, 0.1) is 30.1 Å². The molecular weight excluding hydrogens is 460 g/mol. The SMILES string of the molecule is Cc1ccccc1S(=O)(=O)N1CC(=O)N2[C@H](C1)[C@@H](c1ccc(C#Cc3ccccc3)cc1)[C@@H]2CO. The third kappa shape index (κ3) is 4.25. The van der Waals surface area contributed by atoms with Crippen molar-refractivity contribution in [3.05, 3.63) is 101 Å². The number of sulfonamides is 1. The van der Waals surface area contributed by atoms with Gasteiger partial charge in [-0.2, -0.15) is 4.31 Å². The van der Waals surface area contributed by atoms with Crippen molar-refractivity contribution >= 4 is 15.9 Å². The molecule has 2 fully saturated rings. The molecule has 2 heterocycles. The molecule has 0 radical (unpaired) electrons. The molecule has 5 rings (SSSR count). The second-order valence-electron chi connectivity index (χ2n) is 8.95. The normalized spacial score (nSPS) is 22.1. The molecule has 0 spiro atoms. The fourth-order valence-electron chi connectivity index (χ4n) is 5.09. The molecular formula is C28H26N2O4S. The van der Waals surface area contributed by atoms with Gasteiger partial charge in [-0.3, -0.25) is 4.79 Å². The first kappa shape index (κ1) is 23.3. The van der Waals surface area contributed by atoms with Gasteiger partial charge in [-0.05, 0) is 48.4 Å². The van der Waals surface area contributed by atoms with Gasteiger partial charge in [0.25, 0.3) is 0 Å². The predicted octanol–water partition coefficient (Wildman–Crippen LogP) is 2.75. The highest BCUT2D eigenvalue weighted by Crippen LogP contribution is 2.43. The number of piperazine rings is 1. The van der Waals surface area contributed by atoms with Gasteiger partial charge in [0.1, 0.15) is 0 Å². The van der Waals surface area contributed by atoms with E-state index in [-0.39, 0.29) is 48.5 Å². The summed E-state index contributed by atoms with van der Waals surface area (Å²) in [4.78, 5) is 14.8. The Hall–Kier alpha value is -3.44. The van der Waals surface area contributed by atoms with Gasteiger partial charge in [0.2, 0.25) is 15.9 Å². The Morgan fingerprint density at radius 3 is 2.20 bits per heavy atom. The molecule has 3 atom stereocenters. The maximum absolute atomic E-state index is 13.3. The highest BCUT2D eigenvalue weighted by atomic mass is 32.2. The minimum absolute atomic E-state index is 0.157. The molecule has 2 saturated heterocycles. The molecule has 2 aliphatic heterocycles. The van der Waals surface area contributed by atoms with Crippen LogP contribution in [-0.2, 0) is 14.8 Å². The molecule has 0 aromatic heterocycles. The average molecular weight is 487 g/mol. The van der Waals surface area contributed by atoms with Gasteiger partial charge in [-0.25, -0.2) is 8.42 Å². The fourth-order valence-corrected chi connectivity index (χ4v) is 6.73. The quantitative estimate of drug-likeness (QED) is 0.576. The lowest BCUT2D eigenvalue weighted by Gasteiger charge is -2.58. The Labute approximate surface area is 205 Å². The number of rotatable bonds is 4. The van der Waals surface area contributed by atoms with E-state index in [1.807, 2.05) is 54.6 Å². The standard InChI is InChI=1S/C28H26N2O4S/c1-20-7-5-6-10-26(20)35(33,34)29-17-24-28(25(19-31)30(24)27(32)18-29)23-15-13-22(14-16-23)12-11-21-8-3-2-4-9-21/h2-10,13-16,24-25,28,31H,17-19H2,1H3/t24-,25+,28-/m1/s1. The number of hydrogen-bond donors (Lipinski definition) is 1. The zero-order chi connectivity index (χ0) is 24.6. The first-order valence-electron chi connectivity index (χ1n) is 11.5. The van der Waals surface area contributed by atoms with E-state index in [0.717, 1.165) is 16.7 Å². The molecule has 2 aliphatic rings. The highest BCUT2D eigenvalue weighted by molar-refractivity contribution is 7.89. The number of aryl methyl sites for hydroxylation is 1. The summed E-state index contributed by atoms with van der Waals surface area (Å²) >= 11 is 0. The summed E-state index contributed by atoms with van der Waals surface area (Å²) < 4.78 is 28.0. The van der Waals surface area contributed by atoms with Crippen molar-refractivity contribution in [3.8, 4) is 11.8 Å². The van der Waals surface area contributed by atoms with E-state index in [2.05, 4.69) is 11.8 Å². The van der Waals surface area contributed by atoms with Gasteiger partial charge < -0.3 is 10.0 Å². The largest absolute Gasteiger partial charge is 0.394 e. The molecule has 35 heavy (non-hydrogen) atoms. The van der Waals surface area contributed by atoms with E-state index in [4.69, 9.17) is 0 Å². The van der Waals surface area contributed by atoms with E-state index < -0.39 is 10.0 Å². The lowest BCUT2D eigenvalue weighted by molar-refractivity contribution is -0.158. The summed E-state index contributed by atoms with van der Waals surface area (Å²) in [7, 11) is -3.81. The monoisotopic (exact) mass is 486 g/mol. The molecule has 3 aromatic rings. The van der Waals surface area contributed by atoms with E-state index >= 15 is 0 Å². The molecule has 0 bridgehead atoms. The predicted molar refractivity (Wildman–Crippen MR) is 133 cm³/mol. The van der Waals surface area contributed by atoms with Crippen molar-refractivity contribution in [3.63, 3.8) is 0 Å². The van der Waals surface area contributed by atoms with Crippen LogP contribution >= 0.6 is 0 Å². The number of aliphatic hydroxyl groups is 1. The summed E-state index contributed by atoms with van der Waals surface area (Å²) in [5, 5.41) is 10.0. The summed E-state index contributed by atoms with van der Waals surface area (Å²) in [5.41, 5.74) is 3.39. The first-order chi connectivity index (χ1) is 16.9. The van der Waals surface area contributed by atoms with Crippen molar-refractivity contribution in [2.75, 3.05) is 19.7 Å². The highest BCUT2D eigenvalue weighted by Gasteiger charge is 2.55. The van der Waals surface area contributed by atoms with Crippen molar-refractivity contribution in [2.24, 2.45) is 0 Å². The number of fused-ring (bicyclic) bond motifs is 1. The maximum atomic E-state index is 13.3. The Balaban J connectivity index is 1.39. The van der Waals surface area contributed by atoms with E-state index in [0.29, 0.717) is 5.56 Å². The van der Waals surface area contributed by atoms with Gasteiger partial charge in [0.15, 0.2) is 0 Å². The van der Waals surface area contributed by atoms with Crippen LogP contribution in [0.2, 0.25) is 0 Å². The summed E-state index contributed by atoms with van der Waals surface area (Å²) in [5.74, 6) is 5.85. The zero-order valence-corrected chi connectivity index (χ0v) is 20.2. The number of carbonyl (C=O) groups excluding carboxylic acids is 1. The van der Waals surface area contributed by atoms with Crippen molar-refractivity contribution < 1.29 is 18.3 Å². The Kier molecular flexibility index (Phi) is 6.20. The topological polar surface area (TPSA) is 77.9 Å². The Bertz CT molecular complexity index is 1410. The summed E-state index contributed by atoms with van der Waals surface area (Å²) in [6.45, 7) is 1.55. The molecule has 3 aromatic carbocycles. The number of benzene rings is 3. The van der Waals surface area contributed by atoms with Crippen LogP contribution in [0.5, 0.6) is 0 Å². The van der Waals surface area contributed by atoms with Crippen LogP contribution in [-0.4, -0.2) is 60.4 Å². The van der Waals surface area contributed by atoms with Crippen LogP contribution in [0, 0.1) is 18.8 Å². The molecule has 1 N–H and O–H groups in total. The van der Waals surface area contributed by atoms with Crippen molar-refractivity contribution in [1.29, 1.82) is 0 Å². The van der Waals surface area contributed by atoms with Crippen LogP contribution in [0.25, 0.3) is 0 Å². The minimum Gasteiger partial charge on any atom is -0.394 e. The third-order valence-corrected chi connectivity index (χ3v) is 8.82.